The first-order chi connectivity index (χ1) is 9.35. The van der Waals surface area contributed by atoms with Crippen molar-refractivity contribution in [2.75, 3.05) is 0 Å². The zero-order valence-electron chi connectivity index (χ0n) is 11.5. The minimum atomic E-state index is -1.01. The highest BCUT2D eigenvalue weighted by atomic mass is 19.1. The SMILES string of the molecule is CCC(=O)OCc1cc(F)c(OC(=O)C(C)C)c(F)c1. The molecule has 0 spiro atoms. The van der Waals surface area contributed by atoms with Crippen LogP contribution in [-0.4, -0.2) is 11.9 Å². The van der Waals surface area contributed by atoms with Crippen molar-refractivity contribution < 1.29 is 27.8 Å². The molecular formula is C14H16F2O4. The second-order valence-corrected chi connectivity index (χ2v) is 4.48. The van der Waals surface area contributed by atoms with E-state index in [1.54, 1.807) is 20.8 Å². The highest BCUT2D eigenvalue weighted by molar-refractivity contribution is 5.74. The predicted octanol–water partition coefficient (Wildman–Crippen LogP) is 2.98. The van der Waals surface area contributed by atoms with E-state index in [-0.39, 0.29) is 18.6 Å². The fourth-order valence-electron chi connectivity index (χ4n) is 1.28. The Morgan fingerprint density at radius 1 is 1.20 bits per heavy atom. The van der Waals surface area contributed by atoms with Crippen LogP contribution in [0.25, 0.3) is 0 Å². The molecule has 6 heteroatoms. The number of rotatable bonds is 5. The van der Waals surface area contributed by atoms with Crippen molar-refractivity contribution in [3.8, 4) is 5.75 Å². The van der Waals surface area contributed by atoms with Crippen molar-refractivity contribution in [2.24, 2.45) is 5.92 Å². The molecule has 20 heavy (non-hydrogen) atoms. The Labute approximate surface area is 115 Å². The van der Waals surface area contributed by atoms with E-state index >= 15 is 0 Å². The normalized spacial score (nSPS) is 10.5. The summed E-state index contributed by atoms with van der Waals surface area (Å²) in [5.41, 5.74) is 0.145. The zero-order chi connectivity index (χ0) is 15.3. The topological polar surface area (TPSA) is 52.6 Å². The second kappa shape index (κ2) is 6.98. The van der Waals surface area contributed by atoms with E-state index in [0.29, 0.717) is 0 Å². The summed E-state index contributed by atoms with van der Waals surface area (Å²) in [4.78, 5) is 22.3. The summed E-state index contributed by atoms with van der Waals surface area (Å²) in [5.74, 6) is -4.47. The molecule has 0 heterocycles. The number of halogens is 2. The van der Waals surface area contributed by atoms with Gasteiger partial charge in [0.1, 0.15) is 6.61 Å². The van der Waals surface area contributed by atoms with Crippen LogP contribution in [0.3, 0.4) is 0 Å². The molecule has 1 rings (SSSR count). The lowest BCUT2D eigenvalue weighted by atomic mass is 10.2. The molecule has 4 nitrogen and oxygen atoms in total. The van der Waals surface area contributed by atoms with Crippen LogP contribution in [0.4, 0.5) is 8.78 Å². The number of hydrogen-bond donors (Lipinski definition) is 0. The third kappa shape index (κ3) is 4.29. The maximum absolute atomic E-state index is 13.7. The van der Waals surface area contributed by atoms with E-state index in [1.165, 1.54) is 0 Å². The van der Waals surface area contributed by atoms with Crippen molar-refractivity contribution >= 4 is 11.9 Å². The molecule has 0 aliphatic heterocycles. The largest absolute Gasteiger partial charge is 0.461 e. The number of hydrogen-bond acceptors (Lipinski definition) is 4. The van der Waals surface area contributed by atoms with Crippen molar-refractivity contribution in [3.63, 3.8) is 0 Å². The number of benzene rings is 1. The molecule has 0 radical (unpaired) electrons. The van der Waals surface area contributed by atoms with Crippen LogP contribution < -0.4 is 4.74 Å². The van der Waals surface area contributed by atoms with Gasteiger partial charge in [-0.05, 0) is 17.7 Å². The maximum atomic E-state index is 13.7. The summed E-state index contributed by atoms with van der Waals surface area (Å²) in [6, 6.07) is 1.93. The molecule has 1 aromatic carbocycles. The lowest BCUT2D eigenvalue weighted by Crippen LogP contribution is -2.16. The molecule has 0 unspecified atom stereocenters. The van der Waals surface area contributed by atoms with Crippen LogP contribution in [0.15, 0.2) is 12.1 Å². The molecule has 0 N–H and O–H groups in total. The molecule has 1 aromatic rings. The van der Waals surface area contributed by atoms with E-state index in [4.69, 9.17) is 4.74 Å². The fraction of sp³-hybridized carbons (Fsp3) is 0.429. The molecule has 0 bridgehead atoms. The van der Waals surface area contributed by atoms with Crippen LogP contribution in [-0.2, 0) is 20.9 Å². The van der Waals surface area contributed by atoms with Gasteiger partial charge in [-0.15, -0.1) is 0 Å². The Bertz CT molecular complexity index is 489. The molecule has 110 valence electrons. The number of esters is 2. The summed E-state index contributed by atoms with van der Waals surface area (Å²) in [5, 5.41) is 0. The van der Waals surface area contributed by atoms with E-state index < -0.39 is 35.2 Å². The van der Waals surface area contributed by atoms with Gasteiger partial charge in [0, 0.05) is 6.42 Å². The highest BCUT2D eigenvalue weighted by Crippen LogP contribution is 2.24. The Hall–Kier alpha value is -1.98. The van der Waals surface area contributed by atoms with Gasteiger partial charge in [0.2, 0.25) is 5.75 Å². The molecule has 0 aliphatic carbocycles. The van der Waals surface area contributed by atoms with E-state index in [9.17, 15) is 18.4 Å². The minimum absolute atomic E-state index is 0.145. The fourth-order valence-corrected chi connectivity index (χ4v) is 1.28. The standard InChI is InChI=1S/C14H16F2O4/c1-4-12(17)19-7-9-5-10(15)13(11(16)6-9)20-14(18)8(2)3/h5-6,8H,4,7H2,1-3H3. The molecule has 0 amide bonds. The van der Waals surface area contributed by atoms with E-state index in [2.05, 4.69) is 4.74 Å². The summed E-state index contributed by atoms with van der Waals surface area (Å²) >= 11 is 0. The summed E-state index contributed by atoms with van der Waals surface area (Å²) in [6.07, 6.45) is 0.176. The van der Waals surface area contributed by atoms with Gasteiger partial charge in [-0.25, -0.2) is 8.78 Å². The Balaban J connectivity index is 2.86. The molecular weight excluding hydrogens is 270 g/mol. The third-order valence-corrected chi connectivity index (χ3v) is 2.42. The van der Waals surface area contributed by atoms with Gasteiger partial charge in [0.05, 0.1) is 5.92 Å². The molecule has 0 fully saturated rings. The van der Waals surface area contributed by atoms with Gasteiger partial charge in [0.15, 0.2) is 11.6 Å². The predicted molar refractivity (Wildman–Crippen MR) is 66.9 cm³/mol. The highest BCUT2D eigenvalue weighted by Gasteiger charge is 2.18. The average Bonchev–Trinajstić information content (AvgIpc) is 2.39. The van der Waals surface area contributed by atoms with Crippen molar-refractivity contribution in [1.82, 2.24) is 0 Å². The minimum Gasteiger partial charge on any atom is -0.461 e. The first kappa shape index (κ1) is 16.1. The van der Waals surface area contributed by atoms with Gasteiger partial charge >= 0.3 is 11.9 Å². The number of ether oxygens (including phenoxy) is 2. The monoisotopic (exact) mass is 286 g/mol. The quantitative estimate of drug-likeness (QED) is 0.617. The van der Waals surface area contributed by atoms with Gasteiger partial charge in [0.25, 0.3) is 0 Å². The van der Waals surface area contributed by atoms with E-state index in [0.717, 1.165) is 12.1 Å². The first-order valence-corrected chi connectivity index (χ1v) is 6.20. The Kier molecular flexibility index (Phi) is 5.61. The van der Waals surface area contributed by atoms with Gasteiger partial charge in [-0.1, -0.05) is 20.8 Å². The molecule has 0 saturated carbocycles. The maximum Gasteiger partial charge on any atom is 0.313 e. The first-order valence-electron chi connectivity index (χ1n) is 6.20. The molecule has 0 atom stereocenters. The lowest BCUT2D eigenvalue weighted by molar-refractivity contribution is -0.144. The lowest BCUT2D eigenvalue weighted by Gasteiger charge is -2.10. The Morgan fingerprint density at radius 3 is 2.20 bits per heavy atom. The van der Waals surface area contributed by atoms with E-state index in [1.807, 2.05) is 0 Å². The Morgan fingerprint density at radius 2 is 1.75 bits per heavy atom. The van der Waals surface area contributed by atoms with Crippen LogP contribution >= 0.6 is 0 Å². The van der Waals surface area contributed by atoms with Crippen molar-refractivity contribution in [2.45, 2.75) is 33.8 Å². The number of carbonyl (C=O) groups is 2. The van der Waals surface area contributed by atoms with Crippen LogP contribution in [0.5, 0.6) is 5.75 Å². The average molecular weight is 286 g/mol. The van der Waals surface area contributed by atoms with Gasteiger partial charge < -0.3 is 9.47 Å². The van der Waals surface area contributed by atoms with Gasteiger partial charge in [-0.2, -0.15) is 0 Å². The molecule has 0 saturated heterocycles. The second-order valence-electron chi connectivity index (χ2n) is 4.48. The zero-order valence-corrected chi connectivity index (χ0v) is 11.5. The van der Waals surface area contributed by atoms with Gasteiger partial charge in [-0.3, -0.25) is 9.59 Å². The summed E-state index contributed by atoms with van der Waals surface area (Å²) in [7, 11) is 0. The summed E-state index contributed by atoms with van der Waals surface area (Å²) in [6.45, 7) is 4.48. The van der Waals surface area contributed by atoms with Crippen molar-refractivity contribution in [1.29, 1.82) is 0 Å². The van der Waals surface area contributed by atoms with Crippen LogP contribution in [0.2, 0.25) is 0 Å². The van der Waals surface area contributed by atoms with Crippen LogP contribution in [0.1, 0.15) is 32.8 Å². The van der Waals surface area contributed by atoms with Crippen molar-refractivity contribution in [3.05, 3.63) is 29.3 Å². The number of carbonyl (C=O) groups excluding carboxylic acids is 2. The molecule has 0 aromatic heterocycles. The smallest absolute Gasteiger partial charge is 0.313 e. The molecule has 0 aliphatic rings. The third-order valence-electron chi connectivity index (χ3n) is 2.42. The summed E-state index contributed by atoms with van der Waals surface area (Å²) < 4.78 is 36.8. The van der Waals surface area contributed by atoms with Crippen LogP contribution in [0, 0.1) is 17.6 Å².